The number of nitrogens with one attached hydrogen (secondary N) is 1. The van der Waals surface area contributed by atoms with Gasteiger partial charge in [-0.25, -0.2) is 8.78 Å². The molecule has 0 saturated heterocycles. The Kier molecular flexibility index (Phi) is 4.17. The minimum Gasteiger partial charge on any atom is -0.309 e. The molecule has 0 saturated carbocycles. The highest BCUT2D eigenvalue weighted by atomic mass is 35.5. The quantitative estimate of drug-likeness (QED) is 0.887. The summed E-state index contributed by atoms with van der Waals surface area (Å²) in [5, 5.41) is 3.44. The molecule has 0 heterocycles. The zero-order valence-electron chi connectivity index (χ0n) is 10.7. The molecule has 4 heteroatoms. The summed E-state index contributed by atoms with van der Waals surface area (Å²) in [6.07, 6.45) is 0. The lowest BCUT2D eigenvalue weighted by Gasteiger charge is -2.19. The number of benzene rings is 2. The van der Waals surface area contributed by atoms with Crippen molar-refractivity contribution < 1.29 is 8.78 Å². The van der Waals surface area contributed by atoms with E-state index in [2.05, 4.69) is 5.32 Å². The standard InChI is InChI=1S/C15H14ClF2N/c1-9-5-10(7-12(17)6-9)15(19-2)13-8-11(16)3-4-14(13)18/h3-8,15,19H,1-2H3. The molecule has 0 radical (unpaired) electrons. The maximum Gasteiger partial charge on any atom is 0.128 e. The summed E-state index contributed by atoms with van der Waals surface area (Å²) in [5.41, 5.74) is 1.86. The van der Waals surface area contributed by atoms with E-state index in [1.807, 2.05) is 6.07 Å². The Hall–Kier alpha value is -1.45. The van der Waals surface area contributed by atoms with E-state index in [4.69, 9.17) is 11.6 Å². The minimum absolute atomic E-state index is 0.335. The van der Waals surface area contributed by atoms with E-state index >= 15 is 0 Å². The third-order valence-corrected chi connectivity index (χ3v) is 3.19. The second-order valence-corrected chi connectivity index (χ2v) is 4.89. The van der Waals surface area contributed by atoms with Gasteiger partial charge in [-0.05, 0) is 55.4 Å². The molecule has 1 N–H and O–H groups in total. The van der Waals surface area contributed by atoms with Crippen LogP contribution in [0.4, 0.5) is 8.78 Å². The van der Waals surface area contributed by atoms with Crippen LogP contribution < -0.4 is 5.32 Å². The van der Waals surface area contributed by atoms with E-state index in [-0.39, 0.29) is 11.6 Å². The highest BCUT2D eigenvalue weighted by molar-refractivity contribution is 6.30. The van der Waals surface area contributed by atoms with Crippen LogP contribution in [0.25, 0.3) is 0 Å². The number of aryl methyl sites for hydroxylation is 1. The van der Waals surface area contributed by atoms with Gasteiger partial charge in [-0.1, -0.05) is 17.7 Å². The highest BCUT2D eigenvalue weighted by Crippen LogP contribution is 2.27. The molecule has 1 nitrogen and oxygen atoms in total. The molecule has 0 bridgehead atoms. The van der Waals surface area contributed by atoms with Gasteiger partial charge >= 0.3 is 0 Å². The first-order chi connectivity index (χ1) is 9.01. The molecular formula is C15H14ClF2N. The van der Waals surface area contributed by atoms with Crippen molar-refractivity contribution in [3.63, 3.8) is 0 Å². The maximum absolute atomic E-state index is 13.9. The van der Waals surface area contributed by atoms with Gasteiger partial charge in [0.25, 0.3) is 0 Å². The maximum atomic E-state index is 13.9. The van der Waals surface area contributed by atoms with Crippen LogP contribution in [0.3, 0.4) is 0 Å². The second kappa shape index (κ2) is 5.68. The topological polar surface area (TPSA) is 12.0 Å². The van der Waals surface area contributed by atoms with Gasteiger partial charge in [-0.2, -0.15) is 0 Å². The Balaban J connectivity index is 2.52. The normalized spacial score (nSPS) is 12.5. The molecule has 0 aliphatic carbocycles. The van der Waals surface area contributed by atoms with Gasteiger partial charge in [0.1, 0.15) is 11.6 Å². The van der Waals surface area contributed by atoms with Gasteiger partial charge in [0.15, 0.2) is 0 Å². The van der Waals surface area contributed by atoms with Crippen molar-refractivity contribution in [2.24, 2.45) is 0 Å². The molecule has 0 spiro atoms. The van der Waals surface area contributed by atoms with Gasteiger partial charge in [0, 0.05) is 10.6 Å². The van der Waals surface area contributed by atoms with Crippen LogP contribution >= 0.6 is 11.6 Å². The minimum atomic E-state index is -0.437. The Morgan fingerprint density at radius 3 is 2.47 bits per heavy atom. The van der Waals surface area contributed by atoms with E-state index in [1.54, 1.807) is 20.0 Å². The summed E-state index contributed by atoms with van der Waals surface area (Å²) in [6, 6.07) is 8.58. The van der Waals surface area contributed by atoms with E-state index in [0.717, 1.165) is 5.56 Å². The molecule has 100 valence electrons. The molecule has 0 aliphatic heterocycles. The van der Waals surface area contributed by atoms with Gasteiger partial charge < -0.3 is 5.32 Å². The molecule has 19 heavy (non-hydrogen) atoms. The fourth-order valence-corrected chi connectivity index (χ4v) is 2.35. The van der Waals surface area contributed by atoms with Crippen molar-refractivity contribution in [3.8, 4) is 0 Å². The Morgan fingerprint density at radius 1 is 1.11 bits per heavy atom. The van der Waals surface area contributed by atoms with Crippen LogP contribution in [0.5, 0.6) is 0 Å². The largest absolute Gasteiger partial charge is 0.309 e. The van der Waals surface area contributed by atoms with Gasteiger partial charge in [-0.3, -0.25) is 0 Å². The second-order valence-electron chi connectivity index (χ2n) is 4.45. The lowest BCUT2D eigenvalue weighted by molar-refractivity contribution is 0.571. The molecule has 2 rings (SSSR count). The van der Waals surface area contributed by atoms with Crippen molar-refractivity contribution in [2.75, 3.05) is 7.05 Å². The van der Waals surface area contributed by atoms with Crippen molar-refractivity contribution >= 4 is 11.6 Å². The van der Waals surface area contributed by atoms with Crippen LogP contribution in [-0.2, 0) is 0 Å². The van der Waals surface area contributed by atoms with Gasteiger partial charge in [-0.15, -0.1) is 0 Å². The van der Waals surface area contributed by atoms with Crippen molar-refractivity contribution in [3.05, 3.63) is 69.7 Å². The average Bonchev–Trinajstić information content (AvgIpc) is 2.33. The van der Waals surface area contributed by atoms with Crippen LogP contribution in [0.2, 0.25) is 5.02 Å². The fraction of sp³-hybridized carbons (Fsp3) is 0.200. The molecule has 0 aromatic heterocycles. The summed E-state index contributed by atoms with van der Waals surface area (Å²) in [5.74, 6) is -0.705. The Labute approximate surface area is 116 Å². The third kappa shape index (κ3) is 3.11. The monoisotopic (exact) mass is 281 g/mol. The Morgan fingerprint density at radius 2 is 1.84 bits per heavy atom. The molecule has 1 atom stereocenters. The average molecular weight is 282 g/mol. The zero-order chi connectivity index (χ0) is 14.0. The predicted octanol–water partition coefficient (Wildman–Crippen LogP) is 4.24. The van der Waals surface area contributed by atoms with Crippen molar-refractivity contribution in [1.82, 2.24) is 5.32 Å². The summed E-state index contributed by atoms with van der Waals surface area (Å²) in [6.45, 7) is 1.80. The van der Waals surface area contributed by atoms with E-state index < -0.39 is 6.04 Å². The number of rotatable bonds is 3. The zero-order valence-corrected chi connectivity index (χ0v) is 11.4. The smallest absolute Gasteiger partial charge is 0.128 e. The molecule has 1 unspecified atom stereocenters. The fourth-order valence-electron chi connectivity index (χ4n) is 2.17. The predicted molar refractivity (Wildman–Crippen MR) is 73.4 cm³/mol. The summed E-state index contributed by atoms with van der Waals surface area (Å²) in [7, 11) is 1.70. The number of hydrogen-bond donors (Lipinski definition) is 1. The number of halogens is 3. The Bertz CT molecular complexity index is 578. The SMILES string of the molecule is CNC(c1cc(C)cc(F)c1)c1cc(Cl)ccc1F. The first kappa shape index (κ1) is 14.0. The first-order valence-corrected chi connectivity index (χ1v) is 6.28. The first-order valence-electron chi connectivity index (χ1n) is 5.90. The van der Waals surface area contributed by atoms with Crippen molar-refractivity contribution in [2.45, 2.75) is 13.0 Å². The molecule has 2 aromatic carbocycles. The highest BCUT2D eigenvalue weighted by Gasteiger charge is 2.17. The van der Waals surface area contributed by atoms with E-state index in [0.29, 0.717) is 16.1 Å². The van der Waals surface area contributed by atoms with Crippen LogP contribution in [-0.4, -0.2) is 7.05 Å². The van der Waals surface area contributed by atoms with Crippen LogP contribution in [0.15, 0.2) is 36.4 Å². The molecular weight excluding hydrogens is 268 g/mol. The van der Waals surface area contributed by atoms with E-state index in [9.17, 15) is 8.78 Å². The van der Waals surface area contributed by atoms with Crippen LogP contribution in [0, 0.1) is 18.6 Å². The summed E-state index contributed by atoms with van der Waals surface area (Å²) < 4.78 is 27.4. The van der Waals surface area contributed by atoms with E-state index in [1.165, 1.54) is 24.3 Å². The molecule has 0 amide bonds. The number of hydrogen-bond acceptors (Lipinski definition) is 1. The summed E-state index contributed by atoms with van der Waals surface area (Å²) in [4.78, 5) is 0. The van der Waals surface area contributed by atoms with Crippen molar-refractivity contribution in [1.29, 1.82) is 0 Å². The molecule has 2 aromatic rings. The lowest BCUT2D eigenvalue weighted by Crippen LogP contribution is -2.19. The van der Waals surface area contributed by atoms with Gasteiger partial charge in [0.2, 0.25) is 0 Å². The van der Waals surface area contributed by atoms with Gasteiger partial charge in [0.05, 0.1) is 6.04 Å². The molecule has 0 fully saturated rings. The third-order valence-electron chi connectivity index (χ3n) is 2.96. The molecule has 0 aliphatic rings. The summed E-state index contributed by atoms with van der Waals surface area (Å²) >= 11 is 5.90. The lowest BCUT2D eigenvalue weighted by atomic mass is 9.97. The van der Waals surface area contributed by atoms with Crippen LogP contribution in [0.1, 0.15) is 22.7 Å².